The number of amides is 1. The van der Waals surface area contributed by atoms with Crippen molar-refractivity contribution >= 4 is 23.1 Å². The normalized spacial score (nSPS) is 11.8. The fourth-order valence-corrected chi connectivity index (χ4v) is 4.26. The average Bonchev–Trinajstić information content (AvgIpc) is 2.93. The van der Waals surface area contributed by atoms with Gasteiger partial charge >= 0.3 is 0 Å². The van der Waals surface area contributed by atoms with E-state index in [-0.39, 0.29) is 5.91 Å². The van der Waals surface area contributed by atoms with E-state index in [1.165, 1.54) is 0 Å². The first kappa shape index (κ1) is 26.7. The molecule has 0 saturated heterocycles. The minimum Gasteiger partial charge on any atom is -0.487 e. The van der Waals surface area contributed by atoms with Gasteiger partial charge in [0.15, 0.2) is 0 Å². The summed E-state index contributed by atoms with van der Waals surface area (Å²) in [6.07, 6.45) is 0. The zero-order chi connectivity index (χ0) is 27.1. The number of carbonyl (C=O) groups is 1. The number of nitrogens with one attached hydrogen (secondary N) is 1. The lowest BCUT2D eigenvalue weighted by molar-refractivity contribution is 0.0958. The topological polar surface area (TPSA) is 62.1 Å². The van der Waals surface area contributed by atoms with Crippen molar-refractivity contribution in [2.45, 2.75) is 27.4 Å². The van der Waals surface area contributed by atoms with Crippen LogP contribution in [0.2, 0.25) is 5.02 Å². The van der Waals surface area contributed by atoms with E-state index in [4.69, 9.17) is 16.3 Å². The number of ether oxygens (including phenoxy) is 1. The van der Waals surface area contributed by atoms with Crippen LogP contribution in [0.4, 0.5) is 0 Å². The van der Waals surface area contributed by atoms with Gasteiger partial charge in [0.2, 0.25) is 0 Å². The summed E-state index contributed by atoms with van der Waals surface area (Å²) in [7, 11) is 0. The molecule has 0 aliphatic rings. The molecule has 0 aliphatic heterocycles. The second-order valence-corrected chi connectivity index (χ2v) is 10.3. The van der Waals surface area contributed by atoms with Crippen LogP contribution in [0.25, 0.3) is 16.7 Å². The third-order valence-electron chi connectivity index (χ3n) is 6.06. The number of hydrogen-bond donors (Lipinski definition) is 1. The van der Waals surface area contributed by atoms with E-state index in [2.05, 4.69) is 11.4 Å². The molecule has 0 fully saturated rings. The van der Waals surface area contributed by atoms with Gasteiger partial charge < -0.3 is 10.1 Å². The Morgan fingerprint density at radius 2 is 1.42 bits per heavy atom. The minimum atomic E-state index is -0.499. The predicted molar refractivity (Wildman–Crippen MR) is 154 cm³/mol. The number of hydrogen-bond acceptors (Lipinski definition) is 3. The number of nitriles is 1. The second-order valence-electron chi connectivity index (χ2n) is 9.93. The molecule has 0 bridgehead atoms. The first-order valence-electron chi connectivity index (χ1n) is 12.3. The Labute approximate surface area is 229 Å². The molecule has 1 N–H and O–H groups in total. The molecule has 0 unspecified atom stereocenters. The lowest BCUT2D eigenvalue weighted by Crippen LogP contribution is -2.31. The molecular weight excluding hydrogens is 492 g/mol. The van der Waals surface area contributed by atoms with Crippen LogP contribution in [-0.2, 0) is 6.61 Å². The van der Waals surface area contributed by atoms with Gasteiger partial charge in [-0.05, 0) is 40.5 Å². The van der Waals surface area contributed by atoms with Crippen LogP contribution < -0.4 is 10.1 Å². The molecule has 4 rings (SSSR count). The van der Waals surface area contributed by atoms with E-state index in [9.17, 15) is 10.1 Å². The van der Waals surface area contributed by atoms with Crippen LogP contribution in [0.3, 0.4) is 0 Å². The van der Waals surface area contributed by atoms with Gasteiger partial charge in [-0.2, -0.15) is 5.26 Å². The number of carbonyl (C=O) groups excluding carboxylic acids is 1. The van der Waals surface area contributed by atoms with Gasteiger partial charge in [0.25, 0.3) is 5.91 Å². The number of nitrogens with zero attached hydrogens (tertiary/aromatic N) is 1. The van der Waals surface area contributed by atoms with Gasteiger partial charge in [0.1, 0.15) is 18.4 Å². The highest BCUT2D eigenvalue weighted by Gasteiger charge is 2.25. The Balaban J connectivity index is 1.57. The highest BCUT2D eigenvalue weighted by molar-refractivity contribution is 6.32. The van der Waals surface area contributed by atoms with E-state index in [1.807, 2.05) is 106 Å². The van der Waals surface area contributed by atoms with Crippen molar-refractivity contribution in [3.8, 4) is 22.9 Å². The van der Waals surface area contributed by atoms with E-state index >= 15 is 0 Å². The summed E-state index contributed by atoms with van der Waals surface area (Å²) in [4.78, 5) is 13.3. The van der Waals surface area contributed by atoms with Crippen molar-refractivity contribution in [1.82, 2.24) is 5.32 Å². The van der Waals surface area contributed by atoms with Crippen LogP contribution in [0.15, 0.2) is 109 Å². The molecule has 4 aromatic carbocycles. The molecule has 190 valence electrons. The quantitative estimate of drug-likeness (QED) is 0.249. The average molecular weight is 521 g/mol. The smallest absolute Gasteiger partial charge is 0.255 e. The second kappa shape index (κ2) is 11.8. The molecule has 0 radical (unpaired) electrons. The molecule has 0 heterocycles. The van der Waals surface area contributed by atoms with Crippen molar-refractivity contribution in [2.24, 2.45) is 5.41 Å². The first-order valence-corrected chi connectivity index (χ1v) is 12.7. The molecule has 38 heavy (non-hydrogen) atoms. The molecule has 4 aromatic rings. The maximum Gasteiger partial charge on any atom is 0.255 e. The van der Waals surface area contributed by atoms with Crippen molar-refractivity contribution in [3.05, 3.63) is 131 Å². The van der Waals surface area contributed by atoms with Crippen molar-refractivity contribution in [1.29, 1.82) is 5.26 Å². The summed E-state index contributed by atoms with van der Waals surface area (Å²) < 4.78 is 5.83. The largest absolute Gasteiger partial charge is 0.487 e. The van der Waals surface area contributed by atoms with Crippen molar-refractivity contribution in [2.75, 3.05) is 0 Å². The van der Waals surface area contributed by atoms with Crippen LogP contribution in [0.5, 0.6) is 5.75 Å². The summed E-state index contributed by atoms with van der Waals surface area (Å²) in [5.41, 5.74) is 4.74. The van der Waals surface area contributed by atoms with Crippen LogP contribution in [-0.4, -0.2) is 5.91 Å². The zero-order valence-corrected chi connectivity index (χ0v) is 22.4. The first-order chi connectivity index (χ1) is 18.3. The van der Waals surface area contributed by atoms with Crippen LogP contribution in [0, 0.1) is 16.7 Å². The van der Waals surface area contributed by atoms with Gasteiger partial charge in [-0.3, -0.25) is 4.79 Å². The van der Waals surface area contributed by atoms with Gasteiger partial charge in [-0.25, -0.2) is 0 Å². The molecule has 0 aromatic heterocycles. The van der Waals surface area contributed by atoms with E-state index in [0.29, 0.717) is 34.2 Å². The summed E-state index contributed by atoms with van der Waals surface area (Å²) in [5, 5.41) is 13.5. The lowest BCUT2D eigenvalue weighted by atomic mass is 9.86. The minimum absolute atomic E-state index is 0.340. The molecule has 0 spiro atoms. The van der Waals surface area contributed by atoms with Crippen molar-refractivity contribution in [3.63, 3.8) is 0 Å². The fraction of sp³-hybridized carbons (Fsp3) is 0.152. The molecule has 5 heteroatoms. The molecular formula is C33H29ClN2O2. The number of benzene rings is 4. The maximum absolute atomic E-state index is 13.3. The highest BCUT2D eigenvalue weighted by atomic mass is 35.5. The predicted octanol–water partition coefficient (Wildman–Crippen LogP) is 8.30. The van der Waals surface area contributed by atoms with E-state index < -0.39 is 5.41 Å². The monoisotopic (exact) mass is 520 g/mol. The molecule has 1 amide bonds. The SMILES string of the molecule is CC(C)(C)/C(NC(=O)c1ccc(OCc2ccccc2)c(Cl)c1)=C(\C#N)c1ccc(-c2ccccc2)cc1. The third-order valence-corrected chi connectivity index (χ3v) is 6.36. The standard InChI is InChI=1S/C33H29ClN2O2/c1-33(2,3)31(28(21-35)26-16-14-25(15-17-26)24-12-8-5-9-13-24)36-32(37)27-18-19-30(29(34)20-27)38-22-23-10-6-4-7-11-23/h4-20H,22H2,1-3H3,(H,36,37)/b31-28-. The lowest BCUT2D eigenvalue weighted by Gasteiger charge is -2.25. The Hall–Kier alpha value is -4.33. The third kappa shape index (κ3) is 6.51. The van der Waals surface area contributed by atoms with Crippen molar-refractivity contribution < 1.29 is 9.53 Å². The van der Waals surface area contributed by atoms with Gasteiger partial charge in [0, 0.05) is 16.7 Å². The molecule has 0 saturated carbocycles. The Morgan fingerprint density at radius 1 is 0.842 bits per heavy atom. The number of allylic oxidation sites excluding steroid dienone is 2. The van der Waals surface area contributed by atoms with E-state index in [0.717, 1.165) is 22.3 Å². The number of rotatable bonds is 7. The summed E-state index contributed by atoms with van der Waals surface area (Å²) in [5.74, 6) is 0.148. The molecule has 0 aliphatic carbocycles. The van der Waals surface area contributed by atoms with Gasteiger partial charge in [-0.15, -0.1) is 0 Å². The molecule has 4 nitrogen and oxygen atoms in total. The highest BCUT2D eigenvalue weighted by Crippen LogP contribution is 2.32. The summed E-state index contributed by atoms with van der Waals surface area (Å²) in [6.45, 7) is 6.26. The Bertz CT molecular complexity index is 1480. The summed E-state index contributed by atoms with van der Waals surface area (Å²) >= 11 is 6.45. The Morgan fingerprint density at radius 3 is 2.00 bits per heavy atom. The maximum atomic E-state index is 13.3. The number of halogens is 1. The summed E-state index contributed by atoms with van der Waals surface area (Å²) in [6, 6.07) is 34.9. The fourth-order valence-electron chi connectivity index (χ4n) is 4.03. The molecule has 0 atom stereocenters. The zero-order valence-electron chi connectivity index (χ0n) is 21.7. The Kier molecular flexibility index (Phi) is 8.31. The van der Waals surface area contributed by atoms with E-state index in [1.54, 1.807) is 18.2 Å². The van der Waals surface area contributed by atoms with Gasteiger partial charge in [0.05, 0.1) is 10.6 Å². The van der Waals surface area contributed by atoms with Gasteiger partial charge in [-0.1, -0.05) is 117 Å². The van der Waals surface area contributed by atoms with Crippen LogP contribution in [0.1, 0.15) is 42.3 Å². The van der Waals surface area contributed by atoms with Crippen LogP contribution >= 0.6 is 11.6 Å².